The molecule has 1 N–H and O–H groups in total. The Morgan fingerprint density at radius 1 is 1.33 bits per heavy atom. The van der Waals surface area contributed by atoms with E-state index in [-0.39, 0.29) is 0 Å². The molecule has 3 rings (SSSR count). The summed E-state index contributed by atoms with van der Waals surface area (Å²) in [4.78, 5) is 0.378. The molecular formula is C15H22N2O3S. The number of sulfonamides is 1. The number of hydrogen-bond donors (Lipinski definition) is 1. The highest BCUT2D eigenvalue weighted by Gasteiger charge is 2.26. The molecule has 0 radical (unpaired) electrons. The van der Waals surface area contributed by atoms with Crippen molar-refractivity contribution < 1.29 is 13.2 Å². The van der Waals surface area contributed by atoms with E-state index in [0.717, 1.165) is 43.7 Å². The number of piperidine rings is 1. The van der Waals surface area contributed by atoms with Gasteiger partial charge in [0.2, 0.25) is 10.0 Å². The van der Waals surface area contributed by atoms with Crippen LogP contribution >= 0.6 is 0 Å². The van der Waals surface area contributed by atoms with Gasteiger partial charge in [-0.3, -0.25) is 0 Å². The lowest BCUT2D eigenvalue weighted by atomic mass is 9.98. The highest BCUT2D eigenvalue weighted by atomic mass is 32.2. The molecule has 1 saturated heterocycles. The van der Waals surface area contributed by atoms with Crippen LogP contribution in [0.3, 0.4) is 0 Å². The van der Waals surface area contributed by atoms with Gasteiger partial charge in [0.15, 0.2) is 0 Å². The first-order valence-corrected chi connectivity index (χ1v) is 8.94. The highest BCUT2D eigenvalue weighted by Crippen LogP contribution is 2.29. The Morgan fingerprint density at radius 3 is 2.86 bits per heavy atom. The van der Waals surface area contributed by atoms with Gasteiger partial charge in [0.25, 0.3) is 0 Å². The summed E-state index contributed by atoms with van der Waals surface area (Å²) in [6, 6.07) is 5.18. The maximum atomic E-state index is 12.7. The third-order valence-electron chi connectivity index (χ3n) is 4.34. The van der Waals surface area contributed by atoms with Gasteiger partial charge in [-0.15, -0.1) is 0 Å². The molecule has 0 aliphatic carbocycles. The second-order valence-corrected chi connectivity index (χ2v) is 7.89. The predicted octanol–water partition coefficient (Wildman–Crippen LogP) is 1.24. The van der Waals surface area contributed by atoms with Crippen LogP contribution in [0.4, 0.5) is 0 Å². The second kappa shape index (κ2) is 5.94. The molecule has 0 bridgehead atoms. The molecule has 21 heavy (non-hydrogen) atoms. The molecule has 0 atom stereocenters. The normalized spacial score (nSPS) is 19.5. The van der Waals surface area contributed by atoms with Crippen LogP contribution in [0.25, 0.3) is 0 Å². The molecule has 0 aromatic heterocycles. The van der Waals surface area contributed by atoms with Gasteiger partial charge in [-0.1, -0.05) is 0 Å². The summed E-state index contributed by atoms with van der Waals surface area (Å²) >= 11 is 0. The standard InChI is InChI=1S/C15H22N2O3S/c1-17(11-12-4-7-16-8-5-12)21(18,19)14-2-3-15-13(10-14)6-9-20-15/h2-3,10,12,16H,4-9,11H2,1H3. The monoisotopic (exact) mass is 310 g/mol. The SMILES string of the molecule is CN(CC1CCNCC1)S(=O)(=O)c1ccc2c(c1)CCO2. The molecule has 116 valence electrons. The minimum absolute atomic E-state index is 0.378. The Morgan fingerprint density at radius 2 is 2.10 bits per heavy atom. The van der Waals surface area contributed by atoms with Crippen LogP contribution in [0, 0.1) is 5.92 Å². The van der Waals surface area contributed by atoms with E-state index in [4.69, 9.17) is 4.74 Å². The van der Waals surface area contributed by atoms with E-state index in [1.807, 2.05) is 0 Å². The van der Waals surface area contributed by atoms with E-state index >= 15 is 0 Å². The zero-order valence-electron chi connectivity index (χ0n) is 12.3. The van der Waals surface area contributed by atoms with Crippen molar-refractivity contribution >= 4 is 10.0 Å². The average Bonchev–Trinajstić information content (AvgIpc) is 2.95. The average molecular weight is 310 g/mol. The molecule has 2 heterocycles. The van der Waals surface area contributed by atoms with Crippen LogP contribution < -0.4 is 10.1 Å². The van der Waals surface area contributed by atoms with Crippen molar-refractivity contribution in [2.24, 2.45) is 5.92 Å². The van der Waals surface area contributed by atoms with Gasteiger partial charge < -0.3 is 10.1 Å². The fourth-order valence-electron chi connectivity index (χ4n) is 3.03. The minimum atomic E-state index is -3.40. The summed E-state index contributed by atoms with van der Waals surface area (Å²) in [5.74, 6) is 1.26. The van der Waals surface area contributed by atoms with Crippen molar-refractivity contribution in [3.63, 3.8) is 0 Å². The minimum Gasteiger partial charge on any atom is -0.493 e. The van der Waals surface area contributed by atoms with Gasteiger partial charge in [-0.2, -0.15) is 0 Å². The third kappa shape index (κ3) is 3.07. The van der Waals surface area contributed by atoms with Gasteiger partial charge in [-0.05, 0) is 55.6 Å². The molecule has 2 aliphatic heterocycles. The fraction of sp³-hybridized carbons (Fsp3) is 0.600. The number of nitrogens with one attached hydrogen (secondary N) is 1. The largest absolute Gasteiger partial charge is 0.493 e. The molecule has 1 fully saturated rings. The molecule has 1 aromatic rings. The summed E-state index contributed by atoms with van der Waals surface area (Å²) in [6.07, 6.45) is 2.87. The van der Waals surface area contributed by atoms with Crippen molar-refractivity contribution in [3.8, 4) is 5.75 Å². The molecule has 1 aromatic carbocycles. The van der Waals surface area contributed by atoms with Crippen molar-refractivity contribution in [2.75, 3.05) is 33.3 Å². The Hall–Kier alpha value is -1.11. The molecular weight excluding hydrogens is 288 g/mol. The fourth-order valence-corrected chi connectivity index (χ4v) is 4.33. The Kier molecular flexibility index (Phi) is 4.19. The highest BCUT2D eigenvalue weighted by molar-refractivity contribution is 7.89. The van der Waals surface area contributed by atoms with E-state index < -0.39 is 10.0 Å². The first kappa shape index (κ1) is 14.8. The Bertz CT molecular complexity index is 609. The Labute approximate surface area is 126 Å². The van der Waals surface area contributed by atoms with Gasteiger partial charge in [-0.25, -0.2) is 12.7 Å². The number of nitrogens with zero attached hydrogens (tertiary/aromatic N) is 1. The maximum absolute atomic E-state index is 12.7. The first-order chi connectivity index (χ1) is 10.1. The molecule has 0 unspecified atom stereocenters. The van der Waals surface area contributed by atoms with E-state index in [0.29, 0.717) is 24.0 Å². The van der Waals surface area contributed by atoms with Crippen molar-refractivity contribution in [1.82, 2.24) is 9.62 Å². The van der Waals surface area contributed by atoms with E-state index in [2.05, 4.69) is 5.32 Å². The summed E-state index contributed by atoms with van der Waals surface area (Å²) in [7, 11) is -1.72. The number of fused-ring (bicyclic) bond motifs is 1. The molecule has 0 spiro atoms. The summed E-state index contributed by atoms with van der Waals surface area (Å²) < 4.78 is 32.3. The number of hydrogen-bond acceptors (Lipinski definition) is 4. The zero-order chi connectivity index (χ0) is 14.9. The Balaban J connectivity index is 1.75. The van der Waals surface area contributed by atoms with Crippen LogP contribution in [-0.2, 0) is 16.4 Å². The van der Waals surface area contributed by atoms with Gasteiger partial charge in [0.05, 0.1) is 11.5 Å². The topological polar surface area (TPSA) is 58.6 Å². The van der Waals surface area contributed by atoms with Crippen LogP contribution in [0.1, 0.15) is 18.4 Å². The lowest BCUT2D eigenvalue weighted by molar-refractivity contribution is 0.311. The van der Waals surface area contributed by atoms with Crippen LogP contribution in [0.15, 0.2) is 23.1 Å². The summed E-state index contributed by atoms with van der Waals surface area (Å²) in [5, 5.41) is 3.30. The summed E-state index contributed by atoms with van der Waals surface area (Å²) in [6.45, 7) is 3.20. The number of benzene rings is 1. The lowest BCUT2D eigenvalue weighted by Gasteiger charge is -2.27. The van der Waals surface area contributed by atoms with E-state index in [1.165, 1.54) is 4.31 Å². The van der Waals surface area contributed by atoms with E-state index in [9.17, 15) is 8.42 Å². The maximum Gasteiger partial charge on any atom is 0.242 e. The van der Waals surface area contributed by atoms with Crippen molar-refractivity contribution in [2.45, 2.75) is 24.2 Å². The number of ether oxygens (including phenoxy) is 1. The first-order valence-electron chi connectivity index (χ1n) is 7.50. The van der Waals surface area contributed by atoms with Gasteiger partial charge >= 0.3 is 0 Å². The molecule has 5 nitrogen and oxygen atoms in total. The van der Waals surface area contributed by atoms with Crippen LogP contribution in [0.5, 0.6) is 5.75 Å². The van der Waals surface area contributed by atoms with Crippen molar-refractivity contribution in [1.29, 1.82) is 0 Å². The van der Waals surface area contributed by atoms with Gasteiger partial charge in [0, 0.05) is 20.0 Å². The predicted molar refractivity (Wildman–Crippen MR) is 81.1 cm³/mol. The molecule has 6 heteroatoms. The third-order valence-corrected chi connectivity index (χ3v) is 6.16. The smallest absolute Gasteiger partial charge is 0.242 e. The van der Waals surface area contributed by atoms with Crippen LogP contribution in [-0.4, -0.2) is 46.0 Å². The van der Waals surface area contributed by atoms with E-state index in [1.54, 1.807) is 25.2 Å². The number of rotatable bonds is 4. The lowest BCUT2D eigenvalue weighted by Crippen LogP contribution is -2.37. The molecule has 0 saturated carbocycles. The quantitative estimate of drug-likeness (QED) is 0.909. The second-order valence-electron chi connectivity index (χ2n) is 5.85. The molecule has 0 amide bonds. The van der Waals surface area contributed by atoms with Gasteiger partial charge in [0.1, 0.15) is 5.75 Å². The van der Waals surface area contributed by atoms with Crippen LogP contribution in [0.2, 0.25) is 0 Å². The molecule has 2 aliphatic rings. The summed E-state index contributed by atoms with van der Waals surface area (Å²) in [5.41, 5.74) is 0.992. The zero-order valence-corrected chi connectivity index (χ0v) is 13.2. The van der Waals surface area contributed by atoms with Crippen molar-refractivity contribution in [3.05, 3.63) is 23.8 Å².